The van der Waals surface area contributed by atoms with Crippen molar-refractivity contribution in [3.05, 3.63) is 46.2 Å². The summed E-state index contributed by atoms with van der Waals surface area (Å²) in [6.07, 6.45) is 1.22. The molecule has 1 aromatic carbocycles. The molecule has 1 heterocycles. The molecular formula is C34H57ClN10O7. The number of aryl methyl sites for hydroxylation is 1. The molecule has 17 nitrogen and oxygen atoms in total. The molecule has 0 bridgehead atoms. The summed E-state index contributed by atoms with van der Waals surface area (Å²) in [4.78, 5) is 38.3. The number of hydrogen-bond acceptors (Lipinski definition) is 14. The number of guanidine groups is 1. The summed E-state index contributed by atoms with van der Waals surface area (Å²) in [5.74, 6) is -1.53. The Labute approximate surface area is 309 Å². The number of aromatic nitrogens is 2. The minimum atomic E-state index is -1.68. The van der Waals surface area contributed by atoms with Gasteiger partial charge >= 0.3 is 0 Å². The fraction of sp³-hybridized carbons (Fsp3) is 0.618. The number of primary amides is 1. The van der Waals surface area contributed by atoms with Gasteiger partial charge in [0.15, 0.2) is 28.4 Å². The predicted molar refractivity (Wildman–Crippen MR) is 200 cm³/mol. The lowest BCUT2D eigenvalue weighted by atomic mass is 10.0. The molecule has 15 N–H and O–H groups in total. The van der Waals surface area contributed by atoms with Crippen molar-refractivity contribution in [2.75, 3.05) is 50.8 Å². The molecule has 0 aliphatic carbocycles. The second-order valence-electron chi connectivity index (χ2n) is 12.8. The molecule has 2 aromatic rings. The van der Waals surface area contributed by atoms with Crippen LogP contribution in [-0.4, -0.2) is 128 Å². The number of carbonyl (C=O) groups excluding carboxylic acids is 2. The van der Waals surface area contributed by atoms with Crippen LogP contribution in [0.25, 0.3) is 0 Å². The number of nitrogens with two attached hydrogens (primary N) is 4. The van der Waals surface area contributed by atoms with Crippen molar-refractivity contribution in [3.63, 3.8) is 0 Å². The summed E-state index contributed by atoms with van der Waals surface area (Å²) >= 11 is 5.82. The molecular weight excluding hydrogens is 696 g/mol. The maximum Gasteiger partial charge on any atom is 0.280 e. The van der Waals surface area contributed by atoms with Crippen LogP contribution in [0.3, 0.4) is 0 Å². The number of aliphatic hydroxyl groups is 5. The van der Waals surface area contributed by atoms with Crippen LogP contribution in [0.1, 0.15) is 73.5 Å². The smallest absolute Gasteiger partial charge is 0.280 e. The summed E-state index contributed by atoms with van der Waals surface area (Å²) < 4.78 is 0. The fourth-order valence-corrected chi connectivity index (χ4v) is 5.51. The lowest BCUT2D eigenvalue weighted by Gasteiger charge is -2.30. The first-order valence-electron chi connectivity index (χ1n) is 17.6. The van der Waals surface area contributed by atoms with Crippen molar-refractivity contribution in [2.45, 2.75) is 95.2 Å². The molecule has 18 heteroatoms. The van der Waals surface area contributed by atoms with E-state index < -0.39 is 48.9 Å². The van der Waals surface area contributed by atoms with E-state index in [1.807, 2.05) is 29.2 Å². The Kier molecular flexibility index (Phi) is 20.4. The number of nitrogens with one attached hydrogen (secondary N) is 2. The fourth-order valence-electron chi connectivity index (χ4n) is 5.39. The minimum absolute atomic E-state index is 0.0703. The van der Waals surface area contributed by atoms with Gasteiger partial charge in [-0.1, -0.05) is 62.1 Å². The molecule has 2 rings (SSSR count). The standard InChI is InChI=1S/C34H57ClN10O7/c1-2-3-4-7-16-45(19-24(47)27(49)28(50)25(48)20-46)17-8-15-40-23(32(38)51)18-22-12-10-21(11-13-22)9-5-6-14-41-34(39)44-33(52)26-30(36)43-31(37)29(35)42-26/h10-13,23-25,27-28,40,46-50H,2-9,14-20H2,1H3,(H2,38,51)(H4,36,37,43)(H3,39,41,44,52)/t23-,24-,25+,27+,28+/m0/s1. The number of nitrogens with zero attached hydrogens (tertiary/aromatic N) is 4. The van der Waals surface area contributed by atoms with Gasteiger partial charge in [-0.2, -0.15) is 0 Å². The minimum Gasteiger partial charge on any atom is -0.394 e. The zero-order valence-corrected chi connectivity index (χ0v) is 30.6. The number of hydrogen-bond donors (Lipinski definition) is 11. The van der Waals surface area contributed by atoms with Gasteiger partial charge in [-0.25, -0.2) is 9.97 Å². The van der Waals surface area contributed by atoms with Crippen LogP contribution in [0.4, 0.5) is 11.6 Å². The maximum atomic E-state index is 12.4. The Bertz CT molecular complexity index is 1410. The highest BCUT2D eigenvalue weighted by molar-refractivity contribution is 6.31. The van der Waals surface area contributed by atoms with Crippen LogP contribution in [0.5, 0.6) is 0 Å². The molecule has 0 spiro atoms. The molecule has 0 unspecified atom stereocenters. The predicted octanol–water partition coefficient (Wildman–Crippen LogP) is -0.944. The number of carbonyl (C=O) groups is 2. The third-order valence-corrected chi connectivity index (χ3v) is 8.74. The molecule has 0 saturated heterocycles. The second kappa shape index (κ2) is 23.8. The zero-order valence-electron chi connectivity index (χ0n) is 29.8. The number of nitrogen functional groups attached to an aromatic ring is 2. The van der Waals surface area contributed by atoms with Gasteiger partial charge in [0, 0.05) is 13.1 Å². The highest BCUT2D eigenvalue weighted by Crippen LogP contribution is 2.17. The summed E-state index contributed by atoms with van der Waals surface area (Å²) in [7, 11) is 0. The van der Waals surface area contributed by atoms with Gasteiger partial charge in [0.25, 0.3) is 5.91 Å². The van der Waals surface area contributed by atoms with E-state index in [0.29, 0.717) is 45.4 Å². The zero-order chi connectivity index (χ0) is 38.6. The SMILES string of the molecule is CCCCCCN(CCCN[C@@H](Cc1ccc(CCCCN=C(N)NC(=O)c2nc(Cl)c(N)nc2N)cc1)C(N)=O)C[C@H](O)[C@@H](O)[C@H](O)[C@H](O)CO. The number of benzene rings is 1. The van der Waals surface area contributed by atoms with Gasteiger partial charge < -0.3 is 58.7 Å². The number of anilines is 2. The van der Waals surface area contributed by atoms with Crippen molar-refractivity contribution in [3.8, 4) is 0 Å². The monoisotopic (exact) mass is 752 g/mol. The Hall–Kier alpha value is -3.68. The summed E-state index contributed by atoms with van der Waals surface area (Å²) in [5.41, 5.74) is 24.6. The molecule has 5 atom stereocenters. The van der Waals surface area contributed by atoms with Gasteiger partial charge in [0.2, 0.25) is 5.91 Å². The number of unbranched alkanes of at least 4 members (excludes halogenated alkanes) is 4. The van der Waals surface area contributed by atoms with Gasteiger partial charge in [-0.3, -0.25) is 19.9 Å². The van der Waals surface area contributed by atoms with E-state index in [1.165, 1.54) is 0 Å². The molecule has 52 heavy (non-hydrogen) atoms. The molecule has 0 aliphatic rings. The van der Waals surface area contributed by atoms with Gasteiger partial charge in [0.1, 0.15) is 18.3 Å². The average molecular weight is 753 g/mol. The number of halogens is 1. The van der Waals surface area contributed by atoms with E-state index in [-0.39, 0.29) is 35.0 Å². The lowest BCUT2D eigenvalue weighted by Crippen LogP contribution is -2.50. The molecule has 0 radical (unpaired) electrons. The number of aliphatic imine (C=N–C) groups is 1. The van der Waals surface area contributed by atoms with Crippen LogP contribution in [-0.2, 0) is 17.6 Å². The number of rotatable bonds is 25. The first-order valence-corrected chi connectivity index (χ1v) is 18.0. The van der Waals surface area contributed by atoms with Gasteiger partial charge in [-0.15, -0.1) is 0 Å². The van der Waals surface area contributed by atoms with Crippen molar-refractivity contribution in [1.82, 2.24) is 25.5 Å². The van der Waals surface area contributed by atoms with Crippen LogP contribution in [0.2, 0.25) is 5.15 Å². The average Bonchev–Trinajstić information content (AvgIpc) is 3.11. The highest BCUT2D eigenvalue weighted by atomic mass is 35.5. The second-order valence-corrected chi connectivity index (χ2v) is 13.1. The normalized spacial score (nSPS) is 14.9. The van der Waals surface area contributed by atoms with E-state index in [0.717, 1.165) is 49.7 Å². The van der Waals surface area contributed by atoms with Gasteiger partial charge in [-0.05, 0) is 69.3 Å². The van der Waals surface area contributed by atoms with Crippen LogP contribution >= 0.6 is 11.6 Å². The Morgan fingerprint density at radius 3 is 2.19 bits per heavy atom. The number of amides is 2. The molecule has 0 aliphatic heterocycles. The molecule has 2 amide bonds. The van der Waals surface area contributed by atoms with E-state index in [9.17, 15) is 30.0 Å². The van der Waals surface area contributed by atoms with Crippen LogP contribution < -0.4 is 33.6 Å². The summed E-state index contributed by atoms with van der Waals surface area (Å²) in [5, 5.41) is 55.0. The molecule has 1 aromatic heterocycles. The van der Waals surface area contributed by atoms with Gasteiger partial charge in [0.05, 0.1) is 18.8 Å². The molecule has 0 saturated carbocycles. The first-order chi connectivity index (χ1) is 24.8. The highest BCUT2D eigenvalue weighted by Gasteiger charge is 2.31. The first kappa shape index (κ1) is 44.5. The third-order valence-electron chi connectivity index (χ3n) is 8.46. The Morgan fingerprint density at radius 1 is 0.885 bits per heavy atom. The van der Waals surface area contributed by atoms with Crippen molar-refractivity contribution in [1.29, 1.82) is 0 Å². The van der Waals surface area contributed by atoms with E-state index in [1.54, 1.807) is 0 Å². The maximum absolute atomic E-state index is 12.4. The molecule has 292 valence electrons. The number of aliphatic hydroxyl groups excluding tert-OH is 5. The van der Waals surface area contributed by atoms with Crippen molar-refractivity contribution >= 4 is 41.0 Å². The van der Waals surface area contributed by atoms with Crippen molar-refractivity contribution in [2.24, 2.45) is 16.5 Å². The lowest BCUT2D eigenvalue weighted by molar-refractivity contribution is -0.120. The quantitative estimate of drug-likeness (QED) is 0.0331. The van der Waals surface area contributed by atoms with E-state index in [4.69, 9.17) is 39.6 Å². The summed E-state index contributed by atoms with van der Waals surface area (Å²) in [6.45, 7) is 3.53. The summed E-state index contributed by atoms with van der Waals surface area (Å²) in [6, 6.07) is 7.34. The topological polar surface area (TPSA) is 305 Å². The van der Waals surface area contributed by atoms with Crippen LogP contribution in [0.15, 0.2) is 29.3 Å². The largest absolute Gasteiger partial charge is 0.394 e. The Balaban J connectivity index is 1.79. The Morgan fingerprint density at radius 2 is 1.54 bits per heavy atom. The van der Waals surface area contributed by atoms with Crippen molar-refractivity contribution < 1.29 is 35.1 Å². The molecule has 0 fully saturated rings. The van der Waals surface area contributed by atoms with E-state index >= 15 is 0 Å². The van der Waals surface area contributed by atoms with Crippen LogP contribution in [0, 0.1) is 0 Å². The third kappa shape index (κ3) is 15.9. The van der Waals surface area contributed by atoms with E-state index in [2.05, 4.69) is 32.5 Å².